The summed E-state index contributed by atoms with van der Waals surface area (Å²) >= 11 is 0. The molecule has 1 N–H and O–H groups in total. The van der Waals surface area contributed by atoms with E-state index in [-0.39, 0.29) is 5.91 Å². The predicted octanol–water partition coefficient (Wildman–Crippen LogP) is 3.39. The van der Waals surface area contributed by atoms with E-state index < -0.39 is 0 Å². The first-order valence-electron chi connectivity index (χ1n) is 7.58. The fraction of sp³-hybridized carbons (Fsp3) is 0.222. The average Bonchev–Trinajstić information content (AvgIpc) is 2.56. The predicted molar refractivity (Wildman–Crippen MR) is 88.8 cm³/mol. The van der Waals surface area contributed by atoms with E-state index in [4.69, 9.17) is 0 Å². The van der Waals surface area contributed by atoms with Gasteiger partial charge in [0.05, 0.1) is 0 Å². The lowest BCUT2D eigenvalue weighted by Gasteiger charge is -2.25. The van der Waals surface area contributed by atoms with Crippen molar-refractivity contribution in [2.24, 2.45) is 10.9 Å². The minimum absolute atomic E-state index is 0.0340. The molecule has 3 heterocycles. The van der Waals surface area contributed by atoms with Crippen LogP contribution in [-0.4, -0.2) is 12.1 Å². The van der Waals surface area contributed by atoms with Gasteiger partial charge in [0.25, 0.3) is 5.91 Å². The Kier molecular flexibility index (Phi) is 3.15. The molecule has 4 heteroatoms. The number of amides is 1. The van der Waals surface area contributed by atoms with Crippen LogP contribution in [-0.2, 0) is 11.2 Å². The molecule has 0 aromatic heterocycles. The molecule has 0 aliphatic carbocycles. The third-order valence-electron chi connectivity index (χ3n) is 4.22. The summed E-state index contributed by atoms with van der Waals surface area (Å²) in [5, 5.41) is 3.01. The van der Waals surface area contributed by atoms with Crippen LogP contribution in [0.15, 0.2) is 59.5 Å². The Bertz CT molecular complexity index is 731. The molecule has 3 aliphatic heterocycles. The Morgan fingerprint density at radius 3 is 2.91 bits per heavy atom. The van der Waals surface area contributed by atoms with Crippen LogP contribution in [0.4, 0.5) is 11.4 Å². The molecule has 2 bridgehead atoms. The van der Waals surface area contributed by atoms with E-state index in [1.165, 1.54) is 0 Å². The lowest BCUT2D eigenvalue weighted by molar-refractivity contribution is -0.113. The highest BCUT2D eigenvalue weighted by atomic mass is 16.1. The van der Waals surface area contributed by atoms with E-state index in [0.29, 0.717) is 5.92 Å². The van der Waals surface area contributed by atoms with Crippen molar-refractivity contribution in [3.63, 3.8) is 0 Å². The van der Waals surface area contributed by atoms with Crippen LogP contribution in [0.2, 0.25) is 0 Å². The van der Waals surface area contributed by atoms with Gasteiger partial charge in [-0.05, 0) is 43.0 Å². The van der Waals surface area contributed by atoms with Gasteiger partial charge >= 0.3 is 0 Å². The lowest BCUT2D eigenvalue weighted by atomic mass is 9.89. The maximum atomic E-state index is 12.2. The third-order valence-corrected chi connectivity index (χ3v) is 4.22. The number of allylic oxidation sites excluding steroid dienone is 2. The maximum Gasteiger partial charge on any atom is 0.253 e. The number of anilines is 2. The molecule has 0 saturated carbocycles. The largest absolute Gasteiger partial charge is 0.324 e. The molecule has 1 amide bonds. The first kappa shape index (κ1) is 13.1. The number of benzene rings is 1. The van der Waals surface area contributed by atoms with Gasteiger partial charge in [0.2, 0.25) is 0 Å². The highest BCUT2D eigenvalue weighted by molar-refractivity contribution is 6.05. The van der Waals surface area contributed by atoms with Gasteiger partial charge in [-0.1, -0.05) is 12.2 Å². The normalized spacial score (nSPS) is 22.5. The first-order valence-corrected chi connectivity index (χ1v) is 7.58. The van der Waals surface area contributed by atoms with Crippen molar-refractivity contribution in [1.29, 1.82) is 0 Å². The summed E-state index contributed by atoms with van der Waals surface area (Å²) < 4.78 is 0. The summed E-state index contributed by atoms with van der Waals surface area (Å²) in [4.78, 5) is 18.6. The van der Waals surface area contributed by atoms with Gasteiger partial charge in [0.15, 0.2) is 0 Å². The van der Waals surface area contributed by atoms with Crippen molar-refractivity contribution in [3.8, 4) is 0 Å². The van der Waals surface area contributed by atoms with Crippen molar-refractivity contribution in [2.75, 3.05) is 10.2 Å². The van der Waals surface area contributed by atoms with Crippen molar-refractivity contribution < 1.29 is 4.79 Å². The lowest BCUT2D eigenvalue weighted by Crippen LogP contribution is -2.24. The van der Waals surface area contributed by atoms with Crippen LogP contribution in [0.3, 0.4) is 0 Å². The number of hydrogen-bond acceptors (Lipinski definition) is 3. The highest BCUT2D eigenvalue weighted by Gasteiger charge is 2.24. The number of carbonyl (C=O) groups is 1. The summed E-state index contributed by atoms with van der Waals surface area (Å²) in [6.07, 6.45) is 14.7. The minimum Gasteiger partial charge on any atom is -0.324 e. The van der Waals surface area contributed by atoms with E-state index in [1.54, 1.807) is 6.20 Å². The van der Waals surface area contributed by atoms with Crippen LogP contribution < -0.4 is 10.2 Å². The topological polar surface area (TPSA) is 44.7 Å². The Morgan fingerprint density at radius 2 is 2.05 bits per heavy atom. The summed E-state index contributed by atoms with van der Waals surface area (Å²) in [6, 6.07) is 6.20. The van der Waals surface area contributed by atoms with E-state index in [0.717, 1.165) is 41.8 Å². The molecule has 4 rings (SSSR count). The fourth-order valence-electron chi connectivity index (χ4n) is 3.08. The van der Waals surface area contributed by atoms with Gasteiger partial charge < -0.3 is 10.2 Å². The van der Waals surface area contributed by atoms with Crippen molar-refractivity contribution in [3.05, 3.63) is 60.1 Å². The van der Waals surface area contributed by atoms with Gasteiger partial charge in [-0.3, -0.25) is 9.79 Å². The molecule has 0 spiro atoms. The molecule has 22 heavy (non-hydrogen) atoms. The number of nitrogens with one attached hydrogen (secondary N) is 1. The minimum atomic E-state index is -0.0340. The van der Waals surface area contributed by atoms with Crippen LogP contribution >= 0.6 is 0 Å². The van der Waals surface area contributed by atoms with Crippen LogP contribution in [0.25, 0.3) is 0 Å². The number of hydrogen-bond donors (Lipinski definition) is 1. The number of nitrogens with zero attached hydrogens (tertiary/aromatic N) is 2. The molecule has 3 aliphatic rings. The molecular formula is C18H17N3O. The molecule has 0 fully saturated rings. The van der Waals surface area contributed by atoms with Crippen LogP contribution in [0, 0.1) is 5.92 Å². The van der Waals surface area contributed by atoms with Gasteiger partial charge in [-0.2, -0.15) is 0 Å². The molecular weight excluding hydrogens is 274 g/mol. The highest BCUT2D eigenvalue weighted by Crippen LogP contribution is 2.31. The number of aliphatic imine (C=N–C) groups is 1. The Labute approximate surface area is 129 Å². The molecule has 0 saturated heterocycles. The fourth-order valence-corrected chi connectivity index (χ4v) is 3.08. The molecule has 1 aromatic carbocycles. The van der Waals surface area contributed by atoms with Gasteiger partial charge in [-0.15, -0.1) is 0 Å². The zero-order valence-electron chi connectivity index (χ0n) is 12.2. The molecule has 1 aromatic rings. The summed E-state index contributed by atoms with van der Waals surface area (Å²) in [7, 11) is 0. The third kappa shape index (κ3) is 2.37. The zero-order chi connectivity index (χ0) is 14.9. The zero-order valence-corrected chi connectivity index (χ0v) is 12.2. The molecule has 4 nitrogen and oxygen atoms in total. The van der Waals surface area contributed by atoms with Crippen LogP contribution in [0.1, 0.15) is 18.4 Å². The smallest absolute Gasteiger partial charge is 0.253 e. The SMILES string of the molecule is O=C1Nc2ccc(N3C=CCC=C3)cc2CC2C=NC=C1C2. The second kappa shape index (κ2) is 5.30. The van der Waals surface area contributed by atoms with Crippen molar-refractivity contribution in [2.45, 2.75) is 19.3 Å². The summed E-state index contributed by atoms with van der Waals surface area (Å²) in [5.41, 5.74) is 3.95. The second-order valence-electron chi connectivity index (χ2n) is 5.83. The Hall–Kier alpha value is -2.62. The Balaban J connectivity index is 1.72. The first-order chi connectivity index (χ1) is 10.8. The van der Waals surface area contributed by atoms with Crippen LogP contribution in [0.5, 0.6) is 0 Å². The summed E-state index contributed by atoms with van der Waals surface area (Å²) in [5.74, 6) is 0.265. The van der Waals surface area contributed by atoms with Crippen molar-refractivity contribution in [1.82, 2.24) is 0 Å². The van der Waals surface area contributed by atoms with E-state index >= 15 is 0 Å². The molecule has 0 radical (unpaired) electrons. The molecule has 110 valence electrons. The van der Waals surface area contributed by atoms with Gasteiger partial charge in [0.1, 0.15) is 0 Å². The molecule has 1 atom stereocenters. The summed E-state index contributed by atoms with van der Waals surface area (Å²) in [6.45, 7) is 0. The quantitative estimate of drug-likeness (QED) is 0.862. The van der Waals surface area contributed by atoms with Crippen molar-refractivity contribution >= 4 is 23.5 Å². The van der Waals surface area contributed by atoms with E-state index in [1.807, 2.05) is 18.3 Å². The van der Waals surface area contributed by atoms with E-state index in [9.17, 15) is 4.79 Å². The Morgan fingerprint density at radius 1 is 1.18 bits per heavy atom. The van der Waals surface area contributed by atoms with Gasteiger partial charge in [-0.25, -0.2) is 0 Å². The monoisotopic (exact) mass is 291 g/mol. The molecule has 1 unspecified atom stereocenters. The standard InChI is InChI=1S/C18H17N3O/c22-18-15-9-13(11-19-12-15)8-14-10-16(4-5-17(14)20-18)21-6-2-1-3-7-21/h2-7,10-13H,1,8-9H2,(H,20,22). The number of fused-ring (bicyclic) bond motifs is 3. The maximum absolute atomic E-state index is 12.2. The number of rotatable bonds is 1. The van der Waals surface area contributed by atoms with Gasteiger partial charge in [0, 0.05) is 47.7 Å². The second-order valence-corrected chi connectivity index (χ2v) is 5.83. The number of carbonyl (C=O) groups excluding carboxylic acids is 1. The average molecular weight is 291 g/mol. The van der Waals surface area contributed by atoms with E-state index in [2.05, 4.69) is 45.8 Å².